The Labute approximate surface area is 88.6 Å². The SMILES string of the molecule is C=C1OC(=O)C2Cc3ccccc3CC12. The minimum atomic E-state index is -0.0977. The number of hydrogen-bond acceptors (Lipinski definition) is 2. The molecule has 1 aliphatic carbocycles. The number of fused-ring (bicyclic) bond motifs is 2. The molecule has 15 heavy (non-hydrogen) atoms. The molecule has 0 aromatic heterocycles. The molecule has 3 rings (SSSR count). The summed E-state index contributed by atoms with van der Waals surface area (Å²) in [5.74, 6) is 0.763. The van der Waals surface area contributed by atoms with Gasteiger partial charge in [-0.2, -0.15) is 0 Å². The Morgan fingerprint density at radius 3 is 2.40 bits per heavy atom. The summed E-state index contributed by atoms with van der Waals surface area (Å²) in [6, 6.07) is 8.29. The van der Waals surface area contributed by atoms with Gasteiger partial charge in [-0.1, -0.05) is 30.8 Å². The number of ether oxygens (including phenoxy) is 1. The lowest BCUT2D eigenvalue weighted by Gasteiger charge is -2.24. The van der Waals surface area contributed by atoms with Gasteiger partial charge < -0.3 is 4.74 Å². The van der Waals surface area contributed by atoms with E-state index in [1.54, 1.807) is 0 Å². The van der Waals surface area contributed by atoms with E-state index in [0.717, 1.165) is 12.8 Å². The van der Waals surface area contributed by atoms with Gasteiger partial charge in [0.05, 0.1) is 5.92 Å². The largest absolute Gasteiger partial charge is 0.431 e. The van der Waals surface area contributed by atoms with Crippen molar-refractivity contribution in [3.8, 4) is 0 Å². The Balaban J connectivity index is 2.03. The van der Waals surface area contributed by atoms with Gasteiger partial charge in [0, 0.05) is 5.92 Å². The van der Waals surface area contributed by atoms with Crippen LogP contribution in [-0.2, 0) is 22.4 Å². The van der Waals surface area contributed by atoms with Gasteiger partial charge in [0.1, 0.15) is 5.76 Å². The molecule has 2 atom stereocenters. The van der Waals surface area contributed by atoms with Crippen molar-refractivity contribution < 1.29 is 9.53 Å². The molecule has 0 bridgehead atoms. The molecule has 76 valence electrons. The summed E-state index contributed by atoms with van der Waals surface area (Å²) in [7, 11) is 0. The molecule has 0 spiro atoms. The zero-order valence-corrected chi connectivity index (χ0v) is 8.40. The number of hydrogen-bond donors (Lipinski definition) is 0. The lowest BCUT2D eigenvalue weighted by molar-refractivity contribution is -0.139. The first kappa shape index (κ1) is 8.72. The summed E-state index contributed by atoms with van der Waals surface area (Å²) < 4.78 is 5.11. The average Bonchev–Trinajstić information content (AvgIpc) is 2.52. The fourth-order valence-corrected chi connectivity index (χ4v) is 2.58. The van der Waals surface area contributed by atoms with E-state index in [-0.39, 0.29) is 17.8 Å². The van der Waals surface area contributed by atoms with Gasteiger partial charge in [-0.3, -0.25) is 4.79 Å². The predicted octanol–water partition coefficient (Wildman–Crippen LogP) is 2.09. The van der Waals surface area contributed by atoms with Crippen LogP contribution >= 0.6 is 0 Å². The highest BCUT2D eigenvalue weighted by molar-refractivity contribution is 5.78. The van der Waals surface area contributed by atoms with Crippen molar-refractivity contribution in [3.05, 3.63) is 47.7 Å². The predicted molar refractivity (Wildman–Crippen MR) is 56.1 cm³/mol. The van der Waals surface area contributed by atoms with Gasteiger partial charge in [0.2, 0.25) is 0 Å². The summed E-state index contributed by atoms with van der Waals surface area (Å²) in [5, 5.41) is 0. The summed E-state index contributed by atoms with van der Waals surface area (Å²) in [4.78, 5) is 11.5. The van der Waals surface area contributed by atoms with Crippen LogP contribution in [0.2, 0.25) is 0 Å². The van der Waals surface area contributed by atoms with Gasteiger partial charge in [0.25, 0.3) is 0 Å². The van der Waals surface area contributed by atoms with Crippen LogP contribution in [0.5, 0.6) is 0 Å². The number of carbonyl (C=O) groups is 1. The highest BCUT2D eigenvalue weighted by Gasteiger charge is 2.42. The van der Waals surface area contributed by atoms with Crippen molar-refractivity contribution in [1.29, 1.82) is 0 Å². The van der Waals surface area contributed by atoms with E-state index < -0.39 is 0 Å². The molecule has 0 saturated carbocycles. The molecular formula is C13H12O2. The number of esters is 1. The van der Waals surface area contributed by atoms with E-state index in [4.69, 9.17) is 4.74 Å². The monoisotopic (exact) mass is 200 g/mol. The fourth-order valence-electron chi connectivity index (χ4n) is 2.58. The smallest absolute Gasteiger partial charge is 0.315 e. The zero-order valence-electron chi connectivity index (χ0n) is 8.40. The minimum absolute atomic E-state index is 0.00685. The molecule has 1 aliphatic heterocycles. The lowest BCUT2D eigenvalue weighted by atomic mass is 9.77. The first-order valence-corrected chi connectivity index (χ1v) is 5.23. The summed E-state index contributed by atoms with van der Waals surface area (Å²) in [6.45, 7) is 3.82. The summed E-state index contributed by atoms with van der Waals surface area (Å²) >= 11 is 0. The summed E-state index contributed by atoms with van der Waals surface area (Å²) in [5.41, 5.74) is 2.61. The number of cyclic esters (lactones) is 1. The Hall–Kier alpha value is -1.57. The van der Waals surface area contributed by atoms with Crippen LogP contribution in [0.15, 0.2) is 36.6 Å². The second-order valence-corrected chi connectivity index (χ2v) is 4.28. The molecule has 1 aromatic carbocycles. The Bertz CT molecular complexity index is 407. The van der Waals surface area contributed by atoms with E-state index in [1.807, 2.05) is 12.1 Å². The third kappa shape index (κ3) is 1.21. The van der Waals surface area contributed by atoms with Crippen molar-refractivity contribution in [1.82, 2.24) is 0 Å². The first-order chi connectivity index (χ1) is 7.25. The molecular weight excluding hydrogens is 188 g/mol. The van der Waals surface area contributed by atoms with Crippen LogP contribution in [0.4, 0.5) is 0 Å². The van der Waals surface area contributed by atoms with Gasteiger partial charge >= 0.3 is 5.97 Å². The van der Waals surface area contributed by atoms with Gasteiger partial charge in [-0.05, 0) is 24.0 Å². The van der Waals surface area contributed by atoms with Crippen molar-refractivity contribution >= 4 is 5.97 Å². The van der Waals surface area contributed by atoms with E-state index in [2.05, 4.69) is 18.7 Å². The minimum Gasteiger partial charge on any atom is -0.431 e. The fraction of sp³-hybridized carbons (Fsp3) is 0.308. The molecule has 1 fully saturated rings. The van der Waals surface area contributed by atoms with Crippen molar-refractivity contribution in [3.63, 3.8) is 0 Å². The molecule has 1 aromatic rings. The maximum Gasteiger partial charge on any atom is 0.315 e. The van der Waals surface area contributed by atoms with E-state index in [0.29, 0.717) is 5.76 Å². The van der Waals surface area contributed by atoms with E-state index >= 15 is 0 Å². The van der Waals surface area contributed by atoms with Gasteiger partial charge in [-0.25, -0.2) is 0 Å². The highest BCUT2D eigenvalue weighted by atomic mass is 16.5. The molecule has 2 aliphatic rings. The number of benzene rings is 1. The van der Waals surface area contributed by atoms with Gasteiger partial charge in [-0.15, -0.1) is 0 Å². The maximum atomic E-state index is 11.5. The Morgan fingerprint density at radius 1 is 1.13 bits per heavy atom. The van der Waals surface area contributed by atoms with Crippen LogP contribution < -0.4 is 0 Å². The van der Waals surface area contributed by atoms with Gasteiger partial charge in [0.15, 0.2) is 0 Å². The molecule has 0 radical (unpaired) electrons. The third-order valence-electron chi connectivity index (χ3n) is 3.43. The van der Waals surface area contributed by atoms with Crippen LogP contribution in [0.3, 0.4) is 0 Å². The first-order valence-electron chi connectivity index (χ1n) is 5.23. The second-order valence-electron chi connectivity index (χ2n) is 4.28. The number of allylic oxidation sites excluding steroid dienone is 1. The molecule has 1 heterocycles. The molecule has 0 N–H and O–H groups in total. The topological polar surface area (TPSA) is 26.3 Å². The quantitative estimate of drug-likeness (QED) is 0.599. The highest BCUT2D eigenvalue weighted by Crippen LogP contribution is 2.40. The maximum absolute atomic E-state index is 11.5. The lowest BCUT2D eigenvalue weighted by Crippen LogP contribution is -2.25. The van der Waals surface area contributed by atoms with Crippen LogP contribution in [0, 0.1) is 11.8 Å². The molecule has 0 amide bonds. The molecule has 2 unspecified atom stereocenters. The van der Waals surface area contributed by atoms with Crippen LogP contribution in [0.25, 0.3) is 0 Å². The Morgan fingerprint density at radius 2 is 1.73 bits per heavy atom. The van der Waals surface area contributed by atoms with E-state index in [1.165, 1.54) is 11.1 Å². The third-order valence-corrected chi connectivity index (χ3v) is 3.43. The Kier molecular flexibility index (Phi) is 1.72. The van der Waals surface area contributed by atoms with Crippen molar-refractivity contribution in [2.75, 3.05) is 0 Å². The van der Waals surface area contributed by atoms with Crippen molar-refractivity contribution in [2.24, 2.45) is 11.8 Å². The van der Waals surface area contributed by atoms with Crippen LogP contribution in [0.1, 0.15) is 11.1 Å². The molecule has 2 heteroatoms. The number of carbonyl (C=O) groups excluding carboxylic acids is 1. The molecule has 2 nitrogen and oxygen atoms in total. The summed E-state index contributed by atoms with van der Waals surface area (Å²) in [6.07, 6.45) is 1.70. The number of rotatable bonds is 0. The van der Waals surface area contributed by atoms with Crippen LogP contribution in [-0.4, -0.2) is 5.97 Å². The zero-order chi connectivity index (χ0) is 10.4. The molecule has 1 saturated heterocycles. The van der Waals surface area contributed by atoms with E-state index in [9.17, 15) is 4.79 Å². The average molecular weight is 200 g/mol. The van der Waals surface area contributed by atoms with Crippen molar-refractivity contribution in [2.45, 2.75) is 12.8 Å². The standard InChI is InChI=1S/C13H12O2/c1-8-11-6-9-4-2-3-5-10(9)7-12(11)13(14)15-8/h2-5,11-12H,1,6-7H2. The second kappa shape index (κ2) is 2.96. The normalized spacial score (nSPS) is 28.3.